The number of aromatic nitrogens is 2. The fourth-order valence-electron chi connectivity index (χ4n) is 3.57. The summed E-state index contributed by atoms with van der Waals surface area (Å²) in [5.41, 5.74) is 7.62. The molecule has 3 N–H and O–H groups in total. The Morgan fingerprint density at radius 2 is 1.96 bits per heavy atom. The molecule has 0 fully saturated rings. The summed E-state index contributed by atoms with van der Waals surface area (Å²) in [6.07, 6.45) is 5.31. The van der Waals surface area contributed by atoms with Gasteiger partial charge in [-0.15, -0.1) is 0 Å². The number of phenolic OH excluding ortho intramolecular Hbond substituents is 1. The van der Waals surface area contributed by atoms with Gasteiger partial charge in [0.15, 0.2) is 5.78 Å². The van der Waals surface area contributed by atoms with Crippen LogP contribution >= 0.6 is 0 Å². The number of phenols is 1. The zero-order valence-electron chi connectivity index (χ0n) is 15.2. The number of nitrogens with zero attached hydrogens (tertiary/aromatic N) is 2. The Morgan fingerprint density at radius 1 is 1.22 bits per heavy atom. The summed E-state index contributed by atoms with van der Waals surface area (Å²) in [5.74, 6) is -1.78. The summed E-state index contributed by atoms with van der Waals surface area (Å²) in [6, 6.07) is 8.69. The van der Waals surface area contributed by atoms with Crippen LogP contribution in [-0.4, -0.2) is 26.8 Å². The lowest BCUT2D eigenvalue weighted by Gasteiger charge is -2.26. The minimum atomic E-state index is -0.568. The third-order valence-corrected chi connectivity index (χ3v) is 4.86. The van der Waals surface area contributed by atoms with Gasteiger partial charge in [-0.05, 0) is 37.1 Å². The van der Waals surface area contributed by atoms with Gasteiger partial charge in [0.05, 0.1) is 0 Å². The molecule has 0 saturated carbocycles. The van der Waals surface area contributed by atoms with Crippen LogP contribution in [0.1, 0.15) is 47.7 Å². The molecule has 3 rings (SSSR count). The lowest BCUT2D eigenvalue weighted by Crippen LogP contribution is -2.29. The van der Waals surface area contributed by atoms with E-state index in [0.29, 0.717) is 28.5 Å². The number of fused-ring (bicyclic) bond motifs is 1. The van der Waals surface area contributed by atoms with Gasteiger partial charge in [0, 0.05) is 46.9 Å². The van der Waals surface area contributed by atoms with Gasteiger partial charge in [-0.25, -0.2) is 0 Å². The number of hydrogen-bond acceptors (Lipinski definition) is 5. The SMILES string of the molecule is CCC(C(N)=O)C(c1cccnc1)c1cc(C(C)=O)c2cccnc2c1O. The molecule has 2 aromatic heterocycles. The summed E-state index contributed by atoms with van der Waals surface area (Å²) in [6.45, 7) is 3.33. The van der Waals surface area contributed by atoms with Crippen molar-refractivity contribution in [2.24, 2.45) is 11.7 Å². The monoisotopic (exact) mass is 363 g/mol. The fraction of sp³-hybridized carbons (Fsp3) is 0.238. The Balaban J connectivity index is 2.35. The predicted octanol–water partition coefficient (Wildman–Crippen LogP) is 3.18. The first-order chi connectivity index (χ1) is 13.0. The highest BCUT2D eigenvalue weighted by molar-refractivity contribution is 6.08. The van der Waals surface area contributed by atoms with Crippen LogP contribution in [-0.2, 0) is 4.79 Å². The first-order valence-electron chi connectivity index (χ1n) is 8.76. The second kappa shape index (κ2) is 7.53. The second-order valence-corrected chi connectivity index (χ2v) is 6.50. The van der Waals surface area contributed by atoms with Crippen LogP contribution in [0.3, 0.4) is 0 Å². The summed E-state index contributed by atoms with van der Waals surface area (Å²) in [5, 5.41) is 11.5. The van der Waals surface area contributed by atoms with E-state index in [1.54, 1.807) is 42.9 Å². The number of rotatable bonds is 6. The number of primary amides is 1. The molecule has 1 aromatic carbocycles. The highest BCUT2D eigenvalue weighted by Gasteiger charge is 2.32. The molecule has 6 heteroatoms. The number of Topliss-reactive ketones (excluding diaryl/α,β-unsaturated/α-hetero) is 1. The average Bonchev–Trinajstić information content (AvgIpc) is 2.67. The third kappa shape index (κ3) is 3.38. The third-order valence-electron chi connectivity index (χ3n) is 4.86. The molecule has 2 heterocycles. The zero-order chi connectivity index (χ0) is 19.6. The zero-order valence-corrected chi connectivity index (χ0v) is 15.2. The summed E-state index contributed by atoms with van der Waals surface area (Å²) < 4.78 is 0. The van der Waals surface area contributed by atoms with Crippen molar-refractivity contribution >= 4 is 22.6 Å². The average molecular weight is 363 g/mol. The van der Waals surface area contributed by atoms with Gasteiger partial charge in [0.25, 0.3) is 0 Å². The molecular formula is C21H21N3O3. The minimum Gasteiger partial charge on any atom is -0.505 e. The smallest absolute Gasteiger partial charge is 0.221 e. The normalized spacial score (nSPS) is 13.3. The van der Waals surface area contributed by atoms with Gasteiger partial charge in [-0.3, -0.25) is 19.6 Å². The van der Waals surface area contributed by atoms with Gasteiger partial charge < -0.3 is 10.8 Å². The summed E-state index contributed by atoms with van der Waals surface area (Å²) in [4.78, 5) is 32.8. The van der Waals surface area contributed by atoms with E-state index in [0.717, 1.165) is 5.56 Å². The molecule has 0 bridgehead atoms. The summed E-state index contributed by atoms with van der Waals surface area (Å²) >= 11 is 0. The standard InChI is InChI=1S/C21H21N3O3/c1-3-14(21(22)27)18(13-6-4-8-23-11-13)17-10-16(12(2)25)15-7-5-9-24-19(15)20(17)26/h4-11,14,18,26H,3H2,1-2H3,(H2,22,27). The number of carbonyl (C=O) groups is 2. The Morgan fingerprint density at radius 3 is 2.56 bits per heavy atom. The van der Waals surface area contributed by atoms with Crippen LogP contribution < -0.4 is 5.73 Å². The van der Waals surface area contributed by atoms with E-state index in [1.807, 2.05) is 13.0 Å². The largest absolute Gasteiger partial charge is 0.505 e. The van der Waals surface area contributed by atoms with Crippen LogP contribution in [0.2, 0.25) is 0 Å². The molecule has 0 aliphatic carbocycles. The maximum atomic E-state index is 12.2. The first-order valence-corrected chi connectivity index (χ1v) is 8.76. The lowest BCUT2D eigenvalue weighted by atomic mass is 9.78. The van der Waals surface area contributed by atoms with E-state index >= 15 is 0 Å². The van der Waals surface area contributed by atoms with Crippen molar-refractivity contribution in [2.75, 3.05) is 0 Å². The van der Waals surface area contributed by atoms with Crippen LogP contribution in [0, 0.1) is 5.92 Å². The van der Waals surface area contributed by atoms with Gasteiger partial charge >= 0.3 is 0 Å². The molecule has 2 unspecified atom stereocenters. The molecule has 27 heavy (non-hydrogen) atoms. The minimum absolute atomic E-state index is 0.0517. The van der Waals surface area contributed by atoms with Crippen molar-refractivity contribution in [1.82, 2.24) is 9.97 Å². The molecule has 6 nitrogen and oxygen atoms in total. The number of nitrogens with two attached hydrogens (primary N) is 1. The van der Waals surface area contributed by atoms with Crippen LogP contribution in [0.5, 0.6) is 5.75 Å². The Labute approximate surface area is 157 Å². The predicted molar refractivity (Wildman–Crippen MR) is 102 cm³/mol. The van der Waals surface area contributed by atoms with Gasteiger partial charge in [-0.2, -0.15) is 0 Å². The number of amides is 1. The van der Waals surface area contributed by atoms with Crippen molar-refractivity contribution < 1.29 is 14.7 Å². The highest BCUT2D eigenvalue weighted by Crippen LogP contribution is 2.42. The molecule has 2 atom stereocenters. The number of carbonyl (C=O) groups excluding carboxylic acids is 2. The Bertz CT molecular complexity index is 1000. The van der Waals surface area contributed by atoms with Crippen molar-refractivity contribution in [3.05, 3.63) is 65.6 Å². The molecular weight excluding hydrogens is 342 g/mol. The number of benzene rings is 1. The number of ketones is 1. The lowest BCUT2D eigenvalue weighted by molar-refractivity contribution is -0.122. The van der Waals surface area contributed by atoms with Crippen molar-refractivity contribution in [3.63, 3.8) is 0 Å². The van der Waals surface area contributed by atoms with Crippen LogP contribution in [0.15, 0.2) is 48.9 Å². The van der Waals surface area contributed by atoms with Gasteiger partial charge in [-0.1, -0.05) is 19.1 Å². The van der Waals surface area contributed by atoms with Gasteiger partial charge in [0.2, 0.25) is 5.91 Å². The van der Waals surface area contributed by atoms with Crippen LogP contribution in [0.25, 0.3) is 10.9 Å². The van der Waals surface area contributed by atoms with E-state index in [-0.39, 0.29) is 11.5 Å². The van der Waals surface area contributed by atoms with E-state index < -0.39 is 17.7 Å². The Hall–Kier alpha value is -3.28. The molecule has 0 aliphatic rings. The van der Waals surface area contributed by atoms with E-state index in [2.05, 4.69) is 9.97 Å². The van der Waals surface area contributed by atoms with E-state index in [1.165, 1.54) is 6.92 Å². The first kappa shape index (κ1) is 18.5. The van der Waals surface area contributed by atoms with Gasteiger partial charge in [0.1, 0.15) is 11.3 Å². The number of pyridine rings is 2. The Kier molecular flexibility index (Phi) is 5.16. The van der Waals surface area contributed by atoms with Crippen LogP contribution in [0.4, 0.5) is 0 Å². The van der Waals surface area contributed by atoms with E-state index in [4.69, 9.17) is 5.73 Å². The maximum Gasteiger partial charge on any atom is 0.221 e. The van der Waals surface area contributed by atoms with Crippen molar-refractivity contribution in [2.45, 2.75) is 26.2 Å². The molecule has 0 aliphatic heterocycles. The quantitative estimate of drug-likeness (QED) is 0.654. The molecule has 1 amide bonds. The number of aromatic hydroxyl groups is 1. The number of hydrogen-bond donors (Lipinski definition) is 2. The molecule has 138 valence electrons. The van der Waals surface area contributed by atoms with Crippen molar-refractivity contribution in [1.29, 1.82) is 0 Å². The topological polar surface area (TPSA) is 106 Å². The molecule has 0 spiro atoms. The highest BCUT2D eigenvalue weighted by atomic mass is 16.3. The van der Waals surface area contributed by atoms with Crippen molar-refractivity contribution in [3.8, 4) is 5.75 Å². The summed E-state index contributed by atoms with van der Waals surface area (Å²) in [7, 11) is 0. The molecule has 0 radical (unpaired) electrons. The fourth-order valence-corrected chi connectivity index (χ4v) is 3.57. The molecule has 0 saturated heterocycles. The second-order valence-electron chi connectivity index (χ2n) is 6.50. The van der Waals surface area contributed by atoms with E-state index in [9.17, 15) is 14.7 Å². The maximum absolute atomic E-state index is 12.2. The molecule has 3 aromatic rings.